The number of rotatable bonds is 8. The number of nitrogens with zero attached hydrogens (tertiary/aromatic N) is 1. The highest BCUT2D eigenvalue weighted by Gasteiger charge is 2.19. The van der Waals surface area contributed by atoms with E-state index in [1.807, 2.05) is 19.2 Å². The molecule has 1 aromatic carbocycles. The predicted molar refractivity (Wildman–Crippen MR) is 92.5 cm³/mol. The van der Waals surface area contributed by atoms with E-state index in [9.17, 15) is 9.59 Å². The van der Waals surface area contributed by atoms with Crippen molar-refractivity contribution in [2.24, 2.45) is 5.73 Å². The second kappa shape index (κ2) is 9.27. The van der Waals surface area contributed by atoms with E-state index in [4.69, 9.17) is 10.5 Å². The van der Waals surface area contributed by atoms with Crippen LogP contribution in [0.2, 0.25) is 0 Å². The molecule has 132 valence electrons. The number of ether oxygens (including phenoxy) is 1. The molecule has 0 heterocycles. The molecule has 0 aromatic heterocycles. The van der Waals surface area contributed by atoms with Crippen molar-refractivity contribution in [1.82, 2.24) is 10.2 Å². The van der Waals surface area contributed by atoms with Gasteiger partial charge in [-0.25, -0.2) is 0 Å². The SMILES string of the molecule is CN(CC(=O)NCc1ccc(OCC(N)=O)cc1)C1CCCCC1. The molecule has 0 saturated heterocycles. The molecule has 3 N–H and O–H groups in total. The van der Waals surface area contributed by atoms with E-state index in [1.54, 1.807) is 12.1 Å². The number of amides is 2. The zero-order chi connectivity index (χ0) is 17.4. The number of nitrogens with two attached hydrogens (primary N) is 1. The molecule has 2 amide bonds. The molecule has 0 aliphatic heterocycles. The molecule has 24 heavy (non-hydrogen) atoms. The van der Waals surface area contributed by atoms with Crippen molar-refractivity contribution in [3.05, 3.63) is 29.8 Å². The molecule has 0 atom stereocenters. The topological polar surface area (TPSA) is 84.7 Å². The molecule has 1 aliphatic rings. The van der Waals surface area contributed by atoms with Crippen molar-refractivity contribution in [3.63, 3.8) is 0 Å². The third-order valence-corrected chi connectivity index (χ3v) is 4.39. The number of likely N-dealkylation sites (N-methyl/N-ethyl adjacent to an activating group) is 1. The molecule has 0 bridgehead atoms. The van der Waals surface area contributed by atoms with Crippen LogP contribution in [0.5, 0.6) is 5.75 Å². The fraction of sp³-hybridized carbons (Fsp3) is 0.556. The average Bonchev–Trinajstić information content (AvgIpc) is 2.59. The maximum absolute atomic E-state index is 12.1. The highest BCUT2D eigenvalue weighted by Crippen LogP contribution is 2.21. The first-order valence-corrected chi connectivity index (χ1v) is 8.51. The number of primary amides is 1. The quantitative estimate of drug-likeness (QED) is 0.754. The molecule has 1 fully saturated rings. The zero-order valence-electron chi connectivity index (χ0n) is 14.3. The molecule has 2 rings (SSSR count). The Morgan fingerprint density at radius 1 is 1.21 bits per heavy atom. The number of hydrogen-bond acceptors (Lipinski definition) is 4. The van der Waals surface area contributed by atoms with E-state index in [2.05, 4.69) is 10.2 Å². The summed E-state index contributed by atoms with van der Waals surface area (Å²) in [5, 5.41) is 2.94. The lowest BCUT2D eigenvalue weighted by Crippen LogP contribution is -2.41. The van der Waals surface area contributed by atoms with Crippen molar-refractivity contribution in [1.29, 1.82) is 0 Å². The summed E-state index contributed by atoms with van der Waals surface area (Å²) in [7, 11) is 2.03. The fourth-order valence-corrected chi connectivity index (χ4v) is 2.99. The van der Waals surface area contributed by atoms with Gasteiger partial charge in [-0.05, 0) is 37.6 Å². The van der Waals surface area contributed by atoms with Crippen molar-refractivity contribution in [2.45, 2.75) is 44.7 Å². The lowest BCUT2D eigenvalue weighted by molar-refractivity contribution is -0.123. The largest absolute Gasteiger partial charge is 0.484 e. The van der Waals surface area contributed by atoms with Crippen molar-refractivity contribution in [3.8, 4) is 5.75 Å². The molecule has 1 saturated carbocycles. The Kier molecular flexibility index (Phi) is 7.06. The van der Waals surface area contributed by atoms with Gasteiger partial charge in [-0.3, -0.25) is 14.5 Å². The normalized spacial score (nSPS) is 15.2. The summed E-state index contributed by atoms with van der Waals surface area (Å²) >= 11 is 0. The maximum Gasteiger partial charge on any atom is 0.255 e. The summed E-state index contributed by atoms with van der Waals surface area (Å²) in [4.78, 5) is 24.9. The Labute approximate surface area is 143 Å². The molecule has 6 heteroatoms. The molecule has 0 radical (unpaired) electrons. The summed E-state index contributed by atoms with van der Waals surface area (Å²) in [6.45, 7) is 0.779. The minimum absolute atomic E-state index is 0.0390. The van der Waals surface area contributed by atoms with Crippen LogP contribution in [0.3, 0.4) is 0 Å². The Bertz CT molecular complexity index is 539. The first kappa shape index (κ1) is 18.3. The van der Waals surface area contributed by atoms with Gasteiger partial charge in [0.05, 0.1) is 6.54 Å². The second-order valence-corrected chi connectivity index (χ2v) is 6.38. The van der Waals surface area contributed by atoms with E-state index < -0.39 is 5.91 Å². The summed E-state index contributed by atoms with van der Waals surface area (Å²) in [6.07, 6.45) is 6.23. The van der Waals surface area contributed by atoms with E-state index in [1.165, 1.54) is 32.1 Å². The van der Waals surface area contributed by atoms with Crippen molar-refractivity contribution < 1.29 is 14.3 Å². The Hall–Kier alpha value is -2.08. The summed E-state index contributed by atoms with van der Waals surface area (Å²) < 4.78 is 5.20. The summed E-state index contributed by atoms with van der Waals surface area (Å²) in [5.41, 5.74) is 6.01. The first-order chi connectivity index (χ1) is 11.5. The standard InChI is InChI=1S/C18H27N3O3/c1-21(15-5-3-2-4-6-15)12-18(23)20-11-14-7-9-16(10-8-14)24-13-17(19)22/h7-10,15H,2-6,11-13H2,1H3,(H2,19,22)(H,20,23). The van der Waals surface area contributed by atoms with Gasteiger partial charge in [-0.2, -0.15) is 0 Å². The van der Waals surface area contributed by atoms with Crippen molar-refractivity contribution >= 4 is 11.8 Å². The third kappa shape index (κ3) is 6.20. The monoisotopic (exact) mass is 333 g/mol. The molecular weight excluding hydrogens is 306 g/mol. The molecular formula is C18H27N3O3. The van der Waals surface area contributed by atoms with E-state index >= 15 is 0 Å². The fourth-order valence-electron chi connectivity index (χ4n) is 2.99. The second-order valence-electron chi connectivity index (χ2n) is 6.38. The zero-order valence-corrected chi connectivity index (χ0v) is 14.3. The van der Waals surface area contributed by atoms with E-state index in [-0.39, 0.29) is 12.5 Å². The van der Waals surface area contributed by atoms with Gasteiger partial charge in [0.15, 0.2) is 6.61 Å². The van der Waals surface area contributed by atoms with Crippen LogP contribution in [0, 0.1) is 0 Å². The van der Waals surface area contributed by atoms with Gasteiger partial charge >= 0.3 is 0 Å². The third-order valence-electron chi connectivity index (χ3n) is 4.39. The maximum atomic E-state index is 12.1. The minimum Gasteiger partial charge on any atom is -0.484 e. The van der Waals surface area contributed by atoms with Crippen LogP contribution in [-0.2, 0) is 16.1 Å². The Morgan fingerprint density at radius 2 is 1.88 bits per heavy atom. The van der Waals surface area contributed by atoms with Crippen LogP contribution >= 0.6 is 0 Å². The highest BCUT2D eigenvalue weighted by atomic mass is 16.5. The van der Waals surface area contributed by atoms with Gasteiger partial charge in [-0.15, -0.1) is 0 Å². The van der Waals surface area contributed by atoms with Crippen LogP contribution in [0.4, 0.5) is 0 Å². The number of carbonyl (C=O) groups is 2. The highest BCUT2D eigenvalue weighted by molar-refractivity contribution is 5.78. The van der Waals surface area contributed by atoms with Crippen LogP contribution in [0.15, 0.2) is 24.3 Å². The van der Waals surface area contributed by atoms with Gasteiger partial charge in [0.1, 0.15) is 5.75 Å². The number of benzene rings is 1. The Balaban J connectivity index is 1.71. The van der Waals surface area contributed by atoms with Gasteiger partial charge < -0.3 is 15.8 Å². The molecule has 1 aliphatic carbocycles. The van der Waals surface area contributed by atoms with Gasteiger partial charge in [0, 0.05) is 12.6 Å². The smallest absolute Gasteiger partial charge is 0.255 e. The van der Waals surface area contributed by atoms with E-state index in [0.29, 0.717) is 24.9 Å². The predicted octanol–water partition coefficient (Wildman–Crippen LogP) is 1.43. The molecule has 1 aromatic rings. The lowest BCUT2D eigenvalue weighted by Gasteiger charge is -2.30. The number of carbonyl (C=O) groups excluding carboxylic acids is 2. The van der Waals surface area contributed by atoms with Gasteiger partial charge in [-0.1, -0.05) is 31.4 Å². The summed E-state index contributed by atoms with van der Waals surface area (Å²) in [6, 6.07) is 7.78. The minimum atomic E-state index is -0.506. The number of nitrogens with one attached hydrogen (secondary N) is 1. The van der Waals surface area contributed by atoms with Crippen LogP contribution in [0.1, 0.15) is 37.7 Å². The molecule has 0 spiro atoms. The van der Waals surface area contributed by atoms with Crippen molar-refractivity contribution in [2.75, 3.05) is 20.2 Å². The lowest BCUT2D eigenvalue weighted by atomic mass is 9.94. The van der Waals surface area contributed by atoms with Gasteiger partial charge in [0.25, 0.3) is 5.91 Å². The molecule has 6 nitrogen and oxygen atoms in total. The average molecular weight is 333 g/mol. The van der Waals surface area contributed by atoms with E-state index in [0.717, 1.165) is 5.56 Å². The molecule has 0 unspecified atom stereocenters. The summed E-state index contributed by atoms with van der Waals surface area (Å²) in [5.74, 6) is 0.117. The number of hydrogen-bond donors (Lipinski definition) is 2. The first-order valence-electron chi connectivity index (χ1n) is 8.51. The van der Waals surface area contributed by atoms with Gasteiger partial charge in [0.2, 0.25) is 5.91 Å². The van der Waals surface area contributed by atoms with Crippen LogP contribution < -0.4 is 15.8 Å². The Morgan fingerprint density at radius 3 is 2.50 bits per heavy atom. The van der Waals surface area contributed by atoms with Crippen LogP contribution in [-0.4, -0.2) is 43.0 Å². The van der Waals surface area contributed by atoms with Crippen LogP contribution in [0.25, 0.3) is 0 Å².